The van der Waals surface area contributed by atoms with Crippen LogP contribution in [0.1, 0.15) is 11.1 Å². The summed E-state index contributed by atoms with van der Waals surface area (Å²) in [5.41, 5.74) is 1.31. The van der Waals surface area contributed by atoms with Gasteiger partial charge in [0.1, 0.15) is 24.8 Å². The maximum absolute atomic E-state index is 12.6. The molecular weight excluding hydrogens is 528 g/mol. The van der Waals surface area contributed by atoms with E-state index >= 15 is 0 Å². The van der Waals surface area contributed by atoms with Crippen LogP contribution in [0, 0.1) is 12.3 Å². The van der Waals surface area contributed by atoms with Crippen molar-refractivity contribution in [1.29, 1.82) is 5.41 Å². The van der Waals surface area contributed by atoms with Gasteiger partial charge in [-0.25, -0.2) is 13.3 Å². The van der Waals surface area contributed by atoms with Crippen molar-refractivity contribution in [2.75, 3.05) is 26.6 Å². The minimum Gasteiger partial charge on any atom is -0.493 e. The van der Waals surface area contributed by atoms with Gasteiger partial charge in [-0.1, -0.05) is 29.8 Å². The number of halogens is 1. The summed E-state index contributed by atoms with van der Waals surface area (Å²) in [5.74, 6) is 0.296. The van der Waals surface area contributed by atoms with Crippen molar-refractivity contribution in [2.24, 2.45) is 9.39 Å². The monoisotopic (exact) mass is 548 g/mol. The SMILES string of the molecule is COc1cc(/C=C2/C(=N)N3C(=NC2=O)SN=C3S(C)(=O)=O)cc(Cl)c1OCCOc1ccccc1C. The van der Waals surface area contributed by atoms with Crippen LogP contribution in [0.15, 0.2) is 51.4 Å². The summed E-state index contributed by atoms with van der Waals surface area (Å²) >= 11 is 7.17. The minimum absolute atomic E-state index is 0.00912. The highest BCUT2D eigenvalue weighted by Gasteiger charge is 2.41. The van der Waals surface area contributed by atoms with Crippen molar-refractivity contribution in [3.8, 4) is 17.2 Å². The van der Waals surface area contributed by atoms with Crippen LogP contribution in [0.5, 0.6) is 17.2 Å². The van der Waals surface area contributed by atoms with Crippen molar-refractivity contribution < 1.29 is 27.4 Å². The number of hydrogen-bond donors (Lipinski definition) is 1. The predicted octanol–water partition coefficient (Wildman–Crippen LogP) is 3.74. The first kappa shape index (κ1) is 25.7. The van der Waals surface area contributed by atoms with E-state index in [9.17, 15) is 13.2 Å². The quantitative estimate of drug-likeness (QED) is 0.314. The second-order valence-corrected chi connectivity index (χ2v) is 10.7. The molecule has 10 nitrogen and oxygen atoms in total. The van der Waals surface area contributed by atoms with Crippen molar-refractivity contribution in [2.45, 2.75) is 6.92 Å². The van der Waals surface area contributed by atoms with E-state index in [2.05, 4.69) is 9.39 Å². The van der Waals surface area contributed by atoms with Gasteiger partial charge in [0.2, 0.25) is 20.2 Å². The molecule has 0 saturated heterocycles. The third-order valence-electron chi connectivity index (χ3n) is 5.07. The predicted molar refractivity (Wildman–Crippen MR) is 140 cm³/mol. The first-order valence-electron chi connectivity index (χ1n) is 10.5. The second-order valence-electron chi connectivity index (χ2n) is 7.68. The molecule has 0 saturated carbocycles. The van der Waals surface area contributed by atoms with Gasteiger partial charge in [0.25, 0.3) is 5.91 Å². The molecule has 0 aliphatic carbocycles. The lowest BCUT2D eigenvalue weighted by molar-refractivity contribution is -0.114. The molecule has 36 heavy (non-hydrogen) atoms. The summed E-state index contributed by atoms with van der Waals surface area (Å²) in [6.45, 7) is 2.43. The Balaban J connectivity index is 1.54. The van der Waals surface area contributed by atoms with E-state index in [0.717, 1.165) is 34.4 Å². The Hall–Kier alpha value is -3.35. The zero-order valence-electron chi connectivity index (χ0n) is 19.4. The lowest BCUT2D eigenvalue weighted by atomic mass is 10.1. The van der Waals surface area contributed by atoms with E-state index in [4.69, 9.17) is 31.2 Å². The number of hydrogen-bond acceptors (Lipinski definition) is 9. The van der Waals surface area contributed by atoms with E-state index in [-0.39, 0.29) is 40.0 Å². The molecule has 0 spiro atoms. The summed E-state index contributed by atoms with van der Waals surface area (Å²) in [6, 6.07) is 10.8. The van der Waals surface area contributed by atoms with Crippen molar-refractivity contribution in [1.82, 2.24) is 4.90 Å². The van der Waals surface area contributed by atoms with E-state index in [1.165, 1.54) is 13.2 Å². The van der Waals surface area contributed by atoms with Crippen LogP contribution in [-0.2, 0) is 14.6 Å². The van der Waals surface area contributed by atoms with Gasteiger partial charge in [0.15, 0.2) is 11.5 Å². The molecule has 0 fully saturated rings. The number of aryl methyl sites for hydroxylation is 1. The Morgan fingerprint density at radius 2 is 1.89 bits per heavy atom. The number of para-hydroxylation sites is 1. The number of sulfone groups is 1. The van der Waals surface area contributed by atoms with Crippen LogP contribution in [0.25, 0.3) is 6.08 Å². The molecule has 0 aromatic heterocycles. The number of amides is 1. The molecule has 2 aromatic carbocycles. The standard InChI is InChI=1S/C23H21ClN4O6S2/c1-13-6-4-5-7-17(13)33-8-9-34-19-16(24)11-14(12-18(19)32-2)10-15-20(25)28-22(26-21(15)29)35-27-23(28)36(3,30)31/h4-7,10-12,25H,8-9H2,1-3H3/b15-10-,25-20?. The molecule has 4 rings (SSSR count). The van der Waals surface area contributed by atoms with Gasteiger partial charge in [0, 0.05) is 6.26 Å². The summed E-state index contributed by atoms with van der Waals surface area (Å²) in [5, 5.41) is 8.31. The number of aliphatic imine (C=N–C) groups is 1. The van der Waals surface area contributed by atoms with Gasteiger partial charge in [-0.05, 0) is 42.3 Å². The summed E-state index contributed by atoms with van der Waals surface area (Å²) in [6.07, 6.45) is 2.35. The summed E-state index contributed by atoms with van der Waals surface area (Å²) in [4.78, 5) is 17.5. The van der Waals surface area contributed by atoms with Crippen LogP contribution in [-0.4, -0.2) is 62.0 Å². The Labute approximate surface area is 217 Å². The maximum atomic E-state index is 12.6. The van der Waals surface area contributed by atoms with Crippen LogP contribution in [0.2, 0.25) is 5.02 Å². The fraction of sp³-hybridized carbons (Fsp3) is 0.217. The molecule has 1 N–H and O–H groups in total. The third-order valence-corrected chi connectivity index (χ3v) is 7.10. The zero-order chi connectivity index (χ0) is 26.0. The minimum atomic E-state index is -3.75. The molecule has 2 aliphatic rings. The van der Waals surface area contributed by atoms with E-state index in [1.807, 2.05) is 31.2 Å². The normalized spacial score (nSPS) is 16.6. The first-order valence-corrected chi connectivity index (χ1v) is 13.5. The zero-order valence-corrected chi connectivity index (χ0v) is 21.8. The van der Waals surface area contributed by atoms with Gasteiger partial charge in [0.05, 0.1) is 29.7 Å². The molecule has 13 heteroatoms. The number of ether oxygens (including phenoxy) is 3. The number of fused-ring (bicyclic) bond motifs is 1. The highest BCUT2D eigenvalue weighted by Crippen LogP contribution is 2.38. The van der Waals surface area contributed by atoms with Crippen molar-refractivity contribution >= 4 is 61.5 Å². The number of methoxy groups -OCH3 is 1. The fourth-order valence-corrected chi connectivity index (χ4v) is 5.50. The number of benzene rings is 2. The molecule has 2 aromatic rings. The topological polar surface area (TPSA) is 131 Å². The number of amidine groups is 3. The number of carbonyl (C=O) groups excluding carboxylic acids is 1. The number of nitrogens with zero attached hydrogens (tertiary/aromatic N) is 3. The Morgan fingerprint density at radius 1 is 1.17 bits per heavy atom. The van der Waals surface area contributed by atoms with E-state index < -0.39 is 15.7 Å². The molecule has 2 aliphatic heterocycles. The van der Waals surface area contributed by atoms with Gasteiger partial charge >= 0.3 is 0 Å². The van der Waals surface area contributed by atoms with Gasteiger partial charge in [-0.3, -0.25) is 10.2 Å². The van der Waals surface area contributed by atoms with Crippen molar-refractivity contribution in [3.05, 3.63) is 58.1 Å². The average Bonchev–Trinajstić information content (AvgIpc) is 3.26. The highest BCUT2D eigenvalue weighted by molar-refractivity contribution is 8.16. The Kier molecular flexibility index (Phi) is 7.38. The Morgan fingerprint density at radius 3 is 2.58 bits per heavy atom. The number of nitrogens with one attached hydrogen (secondary N) is 1. The largest absolute Gasteiger partial charge is 0.493 e. The van der Waals surface area contributed by atoms with Crippen LogP contribution < -0.4 is 14.2 Å². The van der Waals surface area contributed by atoms with Crippen molar-refractivity contribution in [3.63, 3.8) is 0 Å². The number of rotatable bonds is 7. The molecule has 188 valence electrons. The molecular formula is C23H21ClN4O6S2. The maximum Gasteiger partial charge on any atom is 0.283 e. The van der Waals surface area contributed by atoms with E-state index in [0.29, 0.717) is 17.1 Å². The first-order chi connectivity index (χ1) is 17.1. The Bertz CT molecular complexity index is 1450. The molecule has 1 amide bonds. The van der Waals surface area contributed by atoms with Crippen LogP contribution in [0.3, 0.4) is 0 Å². The molecule has 2 heterocycles. The lowest BCUT2D eigenvalue weighted by Gasteiger charge is -2.24. The van der Waals surface area contributed by atoms with E-state index in [1.54, 1.807) is 12.1 Å². The molecule has 0 atom stereocenters. The van der Waals surface area contributed by atoms with Gasteiger partial charge in [-0.2, -0.15) is 9.39 Å². The van der Waals surface area contributed by atoms with Gasteiger partial charge < -0.3 is 14.2 Å². The van der Waals surface area contributed by atoms with Gasteiger partial charge in [-0.15, -0.1) is 0 Å². The smallest absolute Gasteiger partial charge is 0.283 e. The molecule has 0 unspecified atom stereocenters. The summed E-state index contributed by atoms with van der Waals surface area (Å²) in [7, 11) is -2.30. The van der Waals surface area contributed by atoms with Crippen LogP contribution in [0.4, 0.5) is 0 Å². The average molecular weight is 549 g/mol. The number of carbonyl (C=O) groups is 1. The second kappa shape index (κ2) is 10.3. The molecule has 0 bridgehead atoms. The highest BCUT2D eigenvalue weighted by atomic mass is 35.5. The van der Waals surface area contributed by atoms with Crippen LogP contribution >= 0.6 is 23.5 Å². The third kappa shape index (κ3) is 5.25. The summed E-state index contributed by atoms with van der Waals surface area (Å²) < 4.78 is 44.9. The molecule has 0 radical (unpaired) electrons. The fourth-order valence-electron chi connectivity index (χ4n) is 3.38. The lowest BCUT2D eigenvalue weighted by Crippen LogP contribution is -2.45.